The molecule has 0 radical (unpaired) electrons. The van der Waals surface area contributed by atoms with Crippen LogP contribution in [0.2, 0.25) is 0 Å². The van der Waals surface area contributed by atoms with Crippen LogP contribution in [0.5, 0.6) is 17.2 Å². The van der Waals surface area contributed by atoms with Crippen molar-refractivity contribution in [3.05, 3.63) is 77.6 Å². The molecule has 184 valence electrons. The molecule has 3 aromatic carbocycles. The minimum absolute atomic E-state index is 0.0609. The number of anilines is 2. The van der Waals surface area contributed by atoms with Gasteiger partial charge < -0.3 is 24.8 Å². The van der Waals surface area contributed by atoms with E-state index in [1.807, 2.05) is 6.07 Å². The Balaban J connectivity index is 1.67. The maximum absolute atomic E-state index is 13.1. The van der Waals surface area contributed by atoms with Crippen molar-refractivity contribution in [3.8, 4) is 17.2 Å². The predicted octanol–water partition coefficient (Wildman–Crippen LogP) is 4.17. The summed E-state index contributed by atoms with van der Waals surface area (Å²) in [7, 11) is 6.42. The fraction of sp³-hybridized carbons (Fsp3) is 0.231. The van der Waals surface area contributed by atoms with Crippen LogP contribution in [0.15, 0.2) is 60.7 Å². The van der Waals surface area contributed by atoms with Gasteiger partial charge in [-0.2, -0.15) is 0 Å². The molecule has 0 unspecified atom stereocenters. The normalized spacial score (nSPS) is 10.6. The van der Waals surface area contributed by atoms with Crippen LogP contribution in [-0.2, 0) is 11.3 Å². The van der Waals surface area contributed by atoms with Crippen LogP contribution >= 0.6 is 0 Å². The Kier molecular flexibility index (Phi) is 8.63. The van der Waals surface area contributed by atoms with Gasteiger partial charge in [0.25, 0.3) is 5.91 Å². The summed E-state index contributed by atoms with van der Waals surface area (Å²) in [6, 6.07) is 15.7. The van der Waals surface area contributed by atoms with Crippen molar-refractivity contribution in [1.29, 1.82) is 0 Å². The van der Waals surface area contributed by atoms with E-state index in [9.17, 15) is 14.0 Å². The van der Waals surface area contributed by atoms with E-state index in [1.165, 1.54) is 31.4 Å². The molecule has 35 heavy (non-hydrogen) atoms. The summed E-state index contributed by atoms with van der Waals surface area (Å²) < 4.78 is 29.4. The minimum Gasteiger partial charge on any atom is -0.493 e. The van der Waals surface area contributed by atoms with E-state index >= 15 is 0 Å². The van der Waals surface area contributed by atoms with Crippen molar-refractivity contribution in [2.75, 3.05) is 45.6 Å². The highest BCUT2D eigenvalue weighted by atomic mass is 19.1. The molecule has 0 aliphatic carbocycles. The second kappa shape index (κ2) is 11.8. The number of methoxy groups -OCH3 is 3. The van der Waals surface area contributed by atoms with Gasteiger partial charge in [-0.1, -0.05) is 18.2 Å². The van der Waals surface area contributed by atoms with Gasteiger partial charge >= 0.3 is 0 Å². The topological polar surface area (TPSA) is 89.1 Å². The standard InChI is InChI=1S/C26H28FN3O5/c1-30(15-17-9-14-22(33-2)25(35-4)24(17)34-3)16-23(31)29-21-8-6-5-7-20(21)26(32)28-19-12-10-18(27)11-13-19/h5-14H,15-16H2,1-4H3,(H,28,32)(H,29,31). The maximum Gasteiger partial charge on any atom is 0.257 e. The molecular weight excluding hydrogens is 453 g/mol. The van der Waals surface area contributed by atoms with E-state index in [2.05, 4.69) is 10.6 Å². The van der Waals surface area contributed by atoms with Gasteiger partial charge in [0.15, 0.2) is 11.5 Å². The average molecular weight is 482 g/mol. The molecule has 0 saturated heterocycles. The van der Waals surface area contributed by atoms with E-state index in [0.717, 1.165) is 5.56 Å². The lowest BCUT2D eigenvalue weighted by Gasteiger charge is -2.20. The highest BCUT2D eigenvalue weighted by molar-refractivity contribution is 6.10. The molecule has 9 heteroatoms. The first-order valence-electron chi connectivity index (χ1n) is 10.8. The van der Waals surface area contributed by atoms with Crippen molar-refractivity contribution in [1.82, 2.24) is 4.90 Å². The first-order chi connectivity index (χ1) is 16.9. The molecule has 0 aliphatic rings. The molecule has 3 rings (SSSR count). The quantitative estimate of drug-likeness (QED) is 0.452. The maximum atomic E-state index is 13.1. The lowest BCUT2D eigenvalue weighted by Crippen LogP contribution is -2.30. The van der Waals surface area contributed by atoms with Gasteiger partial charge in [0.2, 0.25) is 11.7 Å². The van der Waals surface area contributed by atoms with E-state index < -0.39 is 11.7 Å². The van der Waals surface area contributed by atoms with E-state index in [4.69, 9.17) is 14.2 Å². The number of ether oxygens (including phenoxy) is 3. The van der Waals surface area contributed by atoms with Crippen LogP contribution in [0.4, 0.5) is 15.8 Å². The summed E-state index contributed by atoms with van der Waals surface area (Å²) in [4.78, 5) is 27.3. The number of nitrogens with one attached hydrogen (secondary N) is 2. The smallest absolute Gasteiger partial charge is 0.257 e. The Morgan fingerprint density at radius 2 is 1.54 bits per heavy atom. The van der Waals surface area contributed by atoms with Crippen molar-refractivity contribution in [2.45, 2.75) is 6.54 Å². The summed E-state index contributed by atoms with van der Waals surface area (Å²) >= 11 is 0. The Bertz CT molecular complexity index is 1180. The SMILES string of the molecule is COc1ccc(CN(C)CC(=O)Nc2ccccc2C(=O)Nc2ccc(F)cc2)c(OC)c1OC. The predicted molar refractivity (Wildman–Crippen MR) is 132 cm³/mol. The summed E-state index contributed by atoms with van der Waals surface area (Å²) in [6.07, 6.45) is 0. The monoisotopic (exact) mass is 481 g/mol. The summed E-state index contributed by atoms with van der Waals surface area (Å²) in [5.41, 5.74) is 1.92. The minimum atomic E-state index is -0.420. The molecule has 0 spiro atoms. The number of halogens is 1. The van der Waals surface area contributed by atoms with E-state index in [0.29, 0.717) is 35.2 Å². The van der Waals surface area contributed by atoms with Gasteiger partial charge in [0, 0.05) is 17.8 Å². The fourth-order valence-electron chi connectivity index (χ4n) is 3.59. The van der Waals surface area contributed by atoms with Crippen LogP contribution in [0.1, 0.15) is 15.9 Å². The molecule has 0 aliphatic heterocycles. The zero-order chi connectivity index (χ0) is 25.4. The number of hydrogen-bond donors (Lipinski definition) is 2. The number of benzene rings is 3. The molecule has 0 bridgehead atoms. The van der Waals surface area contributed by atoms with E-state index in [-0.39, 0.29) is 18.0 Å². The van der Waals surface area contributed by atoms with Gasteiger partial charge in [0.05, 0.1) is 39.1 Å². The fourth-order valence-corrected chi connectivity index (χ4v) is 3.59. The Labute approximate surface area is 203 Å². The third kappa shape index (κ3) is 6.48. The first-order valence-corrected chi connectivity index (χ1v) is 10.8. The third-order valence-corrected chi connectivity index (χ3v) is 5.19. The third-order valence-electron chi connectivity index (χ3n) is 5.19. The molecule has 3 aromatic rings. The lowest BCUT2D eigenvalue weighted by molar-refractivity contribution is -0.117. The summed E-state index contributed by atoms with van der Waals surface area (Å²) in [5, 5.41) is 5.50. The van der Waals surface area contributed by atoms with Gasteiger partial charge in [-0.15, -0.1) is 0 Å². The lowest BCUT2D eigenvalue weighted by atomic mass is 10.1. The highest BCUT2D eigenvalue weighted by Crippen LogP contribution is 2.40. The number of para-hydroxylation sites is 1. The van der Waals surface area contributed by atoms with Gasteiger partial charge in [-0.3, -0.25) is 14.5 Å². The van der Waals surface area contributed by atoms with Gasteiger partial charge in [-0.25, -0.2) is 4.39 Å². The molecular formula is C26H28FN3O5. The highest BCUT2D eigenvalue weighted by Gasteiger charge is 2.19. The summed E-state index contributed by atoms with van der Waals surface area (Å²) in [5.74, 6) is 0.438. The molecule has 0 saturated carbocycles. The van der Waals surface area contributed by atoms with Crippen LogP contribution in [0.25, 0.3) is 0 Å². The molecule has 0 atom stereocenters. The van der Waals surface area contributed by atoms with Crippen LogP contribution in [0.3, 0.4) is 0 Å². The Hall–Kier alpha value is -4.11. The van der Waals surface area contributed by atoms with Crippen molar-refractivity contribution in [3.63, 3.8) is 0 Å². The van der Waals surface area contributed by atoms with Crippen molar-refractivity contribution < 1.29 is 28.2 Å². The second-order valence-electron chi connectivity index (χ2n) is 7.72. The zero-order valence-corrected chi connectivity index (χ0v) is 20.1. The Morgan fingerprint density at radius 1 is 0.857 bits per heavy atom. The molecule has 0 aromatic heterocycles. The Morgan fingerprint density at radius 3 is 2.20 bits per heavy atom. The molecule has 2 N–H and O–H groups in total. The number of likely N-dealkylation sites (N-methyl/N-ethyl adjacent to an activating group) is 1. The first kappa shape index (κ1) is 25.5. The van der Waals surface area contributed by atoms with Gasteiger partial charge in [-0.05, 0) is 49.5 Å². The molecule has 0 heterocycles. The van der Waals surface area contributed by atoms with Crippen LogP contribution in [-0.4, -0.2) is 51.6 Å². The van der Waals surface area contributed by atoms with Crippen LogP contribution < -0.4 is 24.8 Å². The van der Waals surface area contributed by atoms with Gasteiger partial charge in [0.1, 0.15) is 5.82 Å². The largest absolute Gasteiger partial charge is 0.493 e. The number of rotatable bonds is 10. The van der Waals surface area contributed by atoms with E-state index in [1.54, 1.807) is 56.5 Å². The number of nitrogens with zero attached hydrogens (tertiary/aromatic N) is 1. The number of carbonyl (C=O) groups is 2. The van der Waals surface area contributed by atoms with Crippen LogP contribution in [0, 0.1) is 5.82 Å². The number of carbonyl (C=O) groups excluding carboxylic acids is 2. The number of hydrogen-bond acceptors (Lipinski definition) is 6. The number of amides is 2. The van der Waals surface area contributed by atoms with Crippen molar-refractivity contribution in [2.24, 2.45) is 0 Å². The zero-order valence-electron chi connectivity index (χ0n) is 20.1. The molecule has 0 fully saturated rings. The van der Waals surface area contributed by atoms with Crippen molar-refractivity contribution >= 4 is 23.2 Å². The second-order valence-corrected chi connectivity index (χ2v) is 7.72. The average Bonchev–Trinajstić information content (AvgIpc) is 2.85. The summed E-state index contributed by atoms with van der Waals surface area (Å²) in [6.45, 7) is 0.467. The molecule has 2 amide bonds. The molecule has 8 nitrogen and oxygen atoms in total.